The van der Waals surface area contributed by atoms with Crippen LogP contribution in [0.4, 0.5) is 0 Å². The molecule has 2 aromatic carbocycles. The number of carbonyl (C=O) groups is 2. The molecule has 0 unspecified atom stereocenters. The Labute approximate surface area is 195 Å². The highest BCUT2D eigenvalue weighted by atomic mass is 35.5. The van der Waals surface area contributed by atoms with Crippen LogP contribution in [0.25, 0.3) is 0 Å². The largest absolute Gasteiger partial charge is 0.494 e. The van der Waals surface area contributed by atoms with Gasteiger partial charge in [-0.15, -0.1) is 0 Å². The molecule has 32 heavy (non-hydrogen) atoms. The number of nitrogens with one attached hydrogen (secondary N) is 1. The third-order valence-corrected chi connectivity index (χ3v) is 7.03. The molecule has 0 radical (unpaired) electrons. The Morgan fingerprint density at radius 3 is 2.41 bits per heavy atom. The van der Waals surface area contributed by atoms with E-state index in [0.717, 1.165) is 49.8 Å². The van der Waals surface area contributed by atoms with Crippen LogP contribution in [-0.4, -0.2) is 42.5 Å². The van der Waals surface area contributed by atoms with Crippen LogP contribution in [-0.2, 0) is 10.2 Å². The van der Waals surface area contributed by atoms with Crippen LogP contribution in [0.3, 0.4) is 0 Å². The zero-order chi connectivity index (χ0) is 22.6. The van der Waals surface area contributed by atoms with Crippen molar-refractivity contribution < 1.29 is 14.3 Å². The summed E-state index contributed by atoms with van der Waals surface area (Å²) in [7, 11) is 0. The van der Waals surface area contributed by atoms with Gasteiger partial charge in [-0.1, -0.05) is 36.6 Å². The van der Waals surface area contributed by atoms with E-state index in [1.807, 2.05) is 60.4 Å². The smallest absolute Gasteiger partial charge is 0.253 e. The van der Waals surface area contributed by atoms with E-state index < -0.39 is 5.41 Å². The minimum absolute atomic E-state index is 0.0315. The van der Waals surface area contributed by atoms with Crippen LogP contribution >= 0.6 is 11.6 Å². The van der Waals surface area contributed by atoms with E-state index in [-0.39, 0.29) is 17.9 Å². The van der Waals surface area contributed by atoms with Gasteiger partial charge in [0.25, 0.3) is 5.91 Å². The molecule has 5 nitrogen and oxygen atoms in total. The lowest BCUT2D eigenvalue weighted by atomic mass is 9.77. The van der Waals surface area contributed by atoms with Gasteiger partial charge in [0.2, 0.25) is 5.91 Å². The lowest BCUT2D eigenvalue weighted by Crippen LogP contribution is -2.51. The summed E-state index contributed by atoms with van der Waals surface area (Å²) >= 11 is 6.23. The number of halogens is 1. The number of amides is 2. The third kappa shape index (κ3) is 4.78. The van der Waals surface area contributed by atoms with Crippen LogP contribution in [0.2, 0.25) is 5.02 Å². The van der Waals surface area contributed by atoms with E-state index in [1.54, 1.807) is 0 Å². The summed E-state index contributed by atoms with van der Waals surface area (Å²) in [4.78, 5) is 28.2. The van der Waals surface area contributed by atoms with Gasteiger partial charge < -0.3 is 15.0 Å². The fraction of sp³-hybridized carbons (Fsp3) is 0.462. The van der Waals surface area contributed by atoms with Crippen molar-refractivity contribution >= 4 is 23.4 Å². The second kappa shape index (κ2) is 9.95. The number of nitrogens with zero attached hydrogens (tertiary/aromatic N) is 1. The normalized spacial score (nSPS) is 18.4. The van der Waals surface area contributed by atoms with E-state index >= 15 is 0 Å². The Morgan fingerprint density at radius 1 is 1.09 bits per heavy atom. The highest BCUT2D eigenvalue weighted by molar-refractivity contribution is 6.30. The first-order valence-corrected chi connectivity index (χ1v) is 12.0. The molecule has 1 saturated carbocycles. The van der Waals surface area contributed by atoms with Crippen LogP contribution in [0, 0.1) is 0 Å². The van der Waals surface area contributed by atoms with Gasteiger partial charge in [0, 0.05) is 29.7 Å². The highest BCUT2D eigenvalue weighted by Crippen LogP contribution is 2.42. The third-order valence-electron chi connectivity index (χ3n) is 6.80. The van der Waals surface area contributed by atoms with Crippen molar-refractivity contribution in [1.29, 1.82) is 0 Å². The van der Waals surface area contributed by atoms with Crippen LogP contribution in [0.15, 0.2) is 48.5 Å². The van der Waals surface area contributed by atoms with Crippen molar-refractivity contribution in [3.8, 4) is 5.75 Å². The monoisotopic (exact) mass is 454 g/mol. The summed E-state index contributed by atoms with van der Waals surface area (Å²) in [5, 5.41) is 3.97. The second-order valence-electron chi connectivity index (χ2n) is 8.80. The molecule has 2 fully saturated rings. The fourth-order valence-electron chi connectivity index (χ4n) is 5.00. The number of piperidine rings is 1. The molecule has 4 rings (SSSR count). The molecule has 0 spiro atoms. The molecule has 2 amide bonds. The number of hydrogen-bond donors (Lipinski definition) is 1. The van der Waals surface area contributed by atoms with Gasteiger partial charge in [-0.2, -0.15) is 0 Å². The average Bonchev–Trinajstić information content (AvgIpc) is 3.31. The first-order chi connectivity index (χ1) is 15.5. The van der Waals surface area contributed by atoms with Gasteiger partial charge in [0.15, 0.2) is 0 Å². The summed E-state index contributed by atoms with van der Waals surface area (Å²) in [5.74, 6) is 0.906. The topological polar surface area (TPSA) is 58.6 Å². The Bertz CT molecular complexity index is 946. The van der Waals surface area contributed by atoms with Crippen molar-refractivity contribution in [3.05, 3.63) is 64.7 Å². The first-order valence-electron chi connectivity index (χ1n) is 11.6. The van der Waals surface area contributed by atoms with E-state index in [0.29, 0.717) is 30.3 Å². The second-order valence-corrected chi connectivity index (χ2v) is 9.23. The molecule has 2 aliphatic rings. The summed E-state index contributed by atoms with van der Waals surface area (Å²) in [6.45, 7) is 3.82. The molecule has 1 aliphatic heterocycles. The predicted molar refractivity (Wildman–Crippen MR) is 126 cm³/mol. The molecule has 6 heteroatoms. The van der Waals surface area contributed by atoms with Gasteiger partial charge in [-0.05, 0) is 74.6 Å². The number of rotatable bonds is 6. The SMILES string of the molecule is CCOc1ccc(C(=O)N2CCC(NC(=O)C3(c4cccc(Cl)c4)CCCC3)CC2)cc1. The number of likely N-dealkylation sites (tertiary alicyclic amines) is 1. The van der Waals surface area contributed by atoms with Gasteiger partial charge in [0.1, 0.15) is 5.75 Å². The Balaban J connectivity index is 1.36. The number of hydrogen-bond acceptors (Lipinski definition) is 3. The maximum Gasteiger partial charge on any atom is 0.253 e. The predicted octanol–water partition coefficient (Wildman–Crippen LogP) is 4.97. The lowest BCUT2D eigenvalue weighted by molar-refractivity contribution is -0.127. The quantitative estimate of drug-likeness (QED) is 0.670. The summed E-state index contributed by atoms with van der Waals surface area (Å²) in [6, 6.07) is 15.1. The van der Waals surface area contributed by atoms with Crippen LogP contribution in [0.5, 0.6) is 5.75 Å². The highest BCUT2D eigenvalue weighted by Gasteiger charge is 2.43. The minimum Gasteiger partial charge on any atom is -0.494 e. The molecular weight excluding hydrogens is 424 g/mol. The van der Waals surface area contributed by atoms with Crippen molar-refractivity contribution in [2.75, 3.05) is 19.7 Å². The van der Waals surface area contributed by atoms with E-state index in [9.17, 15) is 9.59 Å². The van der Waals surface area contributed by atoms with Crippen molar-refractivity contribution in [2.45, 2.75) is 56.9 Å². The first kappa shape index (κ1) is 22.7. The number of benzene rings is 2. The number of ether oxygens (including phenoxy) is 1. The van der Waals surface area contributed by atoms with Crippen LogP contribution < -0.4 is 10.1 Å². The maximum atomic E-state index is 13.4. The van der Waals surface area contributed by atoms with E-state index in [2.05, 4.69) is 5.32 Å². The van der Waals surface area contributed by atoms with E-state index in [4.69, 9.17) is 16.3 Å². The van der Waals surface area contributed by atoms with Crippen LogP contribution in [0.1, 0.15) is 61.4 Å². The summed E-state index contributed by atoms with van der Waals surface area (Å²) in [6.07, 6.45) is 5.34. The molecule has 170 valence electrons. The zero-order valence-electron chi connectivity index (χ0n) is 18.6. The van der Waals surface area contributed by atoms with Crippen molar-refractivity contribution in [3.63, 3.8) is 0 Å². The molecule has 0 aromatic heterocycles. The maximum absolute atomic E-state index is 13.4. The van der Waals surface area contributed by atoms with Gasteiger partial charge in [-0.25, -0.2) is 0 Å². The lowest BCUT2D eigenvalue weighted by Gasteiger charge is -2.35. The molecule has 1 aliphatic carbocycles. The zero-order valence-corrected chi connectivity index (χ0v) is 19.4. The average molecular weight is 455 g/mol. The van der Waals surface area contributed by atoms with E-state index in [1.165, 1.54) is 0 Å². The molecule has 0 atom stereocenters. The molecule has 2 aromatic rings. The Kier molecular flexibility index (Phi) is 7.04. The molecule has 1 heterocycles. The summed E-state index contributed by atoms with van der Waals surface area (Å²) < 4.78 is 5.45. The fourth-order valence-corrected chi connectivity index (χ4v) is 5.20. The standard InChI is InChI=1S/C26H31ClN2O3/c1-2-32-23-10-8-19(9-11-23)24(30)29-16-12-22(13-17-29)28-25(31)26(14-3-4-15-26)20-6-5-7-21(27)18-20/h5-11,18,22H,2-4,12-17H2,1H3,(H,28,31). The molecule has 1 saturated heterocycles. The molecular formula is C26H31ClN2O3. The van der Waals surface area contributed by atoms with Gasteiger partial charge in [0.05, 0.1) is 12.0 Å². The number of carbonyl (C=O) groups excluding carboxylic acids is 2. The van der Waals surface area contributed by atoms with Gasteiger partial charge in [-0.3, -0.25) is 9.59 Å². The van der Waals surface area contributed by atoms with Crippen molar-refractivity contribution in [1.82, 2.24) is 10.2 Å². The molecule has 1 N–H and O–H groups in total. The van der Waals surface area contributed by atoms with Gasteiger partial charge >= 0.3 is 0 Å². The summed E-state index contributed by atoms with van der Waals surface area (Å²) in [5.41, 5.74) is 1.20. The molecule has 0 bridgehead atoms. The Hall–Kier alpha value is -2.53. The van der Waals surface area contributed by atoms with Crippen molar-refractivity contribution in [2.24, 2.45) is 0 Å². The Morgan fingerprint density at radius 2 is 1.78 bits per heavy atom. The minimum atomic E-state index is -0.486.